The topological polar surface area (TPSA) is 61.7 Å². The minimum absolute atomic E-state index is 0.0723. The summed E-state index contributed by atoms with van der Waals surface area (Å²) in [6.45, 7) is 8.37. The van der Waals surface area contributed by atoms with Crippen LogP contribution in [0, 0.1) is 0 Å². The number of aryl methyl sites for hydroxylation is 1. The van der Waals surface area contributed by atoms with Crippen molar-refractivity contribution in [1.29, 1.82) is 0 Å². The van der Waals surface area contributed by atoms with E-state index in [-0.39, 0.29) is 17.0 Å². The maximum absolute atomic E-state index is 13.1. The van der Waals surface area contributed by atoms with Gasteiger partial charge in [-0.1, -0.05) is 18.2 Å². The van der Waals surface area contributed by atoms with Crippen LogP contribution in [0.3, 0.4) is 0 Å². The number of amides is 1. The molecule has 4 rings (SSSR count). The minimum Gasteiger partial charge on any atom is -0.347 e. The van der Waals surface area contributed by atoms with E-state index in [0.717, 1.165) is 30.2 Å². The molecule has 2 N–H and O–H groups in total. The highest BCUT2D eigenvalue weighted by Gasteiger charge is 2.46. The highest BCUT2D eigenvalue weighted by molar-refractivity contribution is 6.05. The van der Waals surface area contributed by atoms with E-state index in [0.29, 0.717) is 13.1 Å². The minimum atomic E-state index is -0.368. The molecule has 0 aliphatic carbocycles. The number of fused-ring (bicyclic) bond motifs is 1. The summed E-state index contributed by atoms with van der Waals surface area (Å²) in [7, 11) is 1.91. The SMILES string of the molecule is Cn1cccc1C(=O)N1CC[C@]2(C1)NCc1ccccc1NC2=NC(C)(C)C. The number of rotatable bonds is 1. The summed E-state index contributed by atoms with van der Waals surface area (Å²) < 4.78 is 1.88. The summed E-state index contributed by atoms with van der Waals surface area (Å²) in [6.07, 6.45) is 2.74. The number of aliphatic imine (C=N–C) groups is 1. The van der Waals surface area contributed by atoms with Gasteiger partial charge in [0, 0.05) is 38.6 Å². The third-order valence-electron chi connectivity index (χ3n) is 5.51. The Morgan fingerprint density at radius 3 is 2.68 bits per heavy atom. The van der Waals surface area contributed by atoms with Crippen LogP contribution in [0.15, 0.2) is 47.6 Å². The second-order valence-electron chi connectivity index (χ2n) is 8.83. The Labute approximate surface area is 166 Å². The van der Waals surface area contributed by atoms with Gasteiger partial charge in [-0.15, -0.1) is 0 Å². The highest BCUT2D eigenvalue weighted by atomic mass is 16.2. The first-order valence-electron chi connectivity index (χ1n) is 9.88. The van der Waals surface area contributed by atoms with Gasteiger partial charge in [-0.2, -0.15) is 0 Å². The Balaban J connectivity index is 1.68. The molecule has 6 nitrogen and oxygen atoms in total. The first kappa shape index (κ1) is 18.7. The number of aromatic nitrogens is 1. The number of nitrogens with zero attached hydrogens (tertiary/aromatic N) is 3. The van der Waals surface area contributed by atoms with Gasteiger partial charge in [0.1, 0.15) is 11.5 Å². The number of benzene rings is 1. The number of hydrogen-bond acceptors (Lipinski definition) is 3. The second-order valence-corrected chi connectivity index (χ2v) is 8.83. The molecule has 1 fully saturated rings. The number of likely N-dealkylation sites (tertiary alicyclic amines) is 1. The summed E-state index contributed by atoms with van der Waals surface area (Å²) in [6, 6.07) is 12.1. The van der Waals surface area contributed by atoms with Gasteiger partial charge >= 0.3 is 0 Å². The quantitative estimate of drug-likeness (QED) is 0.801. The first-order valence-corrected chi connectivity index (χ1v) is 9.88. The Kier molecular flexibility index (Phi) is 4.54. The summed E-state index contributed by atoms with van der Waals surface area (Å²) in [5.74, 6) is 0.996. The van der Waals surface area contributed by atoms with Crippen LogP contribution < -0.4 is 10.6 Å². The van der Waals surface area contributed by atoms with Crippen molar-refractivity contribution in [1.82, 2.24) is 14.8 Å². The van der Waals surface area contributed by atoms with Gasteiger partial charge in [0.2, 0.25) is 0 Å². The van der Waals surface area contributed by atoms with Gasteiger partial charge in [0.25, 0.3) is 5.91 Å². The predicted octanol–water partition coefficient (Wildman–Crippen LogP) is 3.02. The van der Waals surface area contributed by atoms with Crippen molar-refractivity contribution in [3.63, 3.8) is 0 Å². The molecule has 0 bridgehead atoms. The number of para-hydroxylation sites is 1. The molecule has 0 saturated carbocycles. The average Bonchev–Trinajstić information content (AvgIpc) is 3.22. The van der Waals surface area contributed by atoms with Crippen molar-refractivity contribution in [2.24, 2.45) is 12.0 Å². The van der Waals surface area contributed by atoms with E-state index in [2.05, 4.69) is 49.6 Å². The van der Waals surface area contributed by atoms with Crippen molar-refractivity contribution in [2.75, 3.05) is 18.4 Å². The molecular formula is C22H29N5O. The van der Waals surface area contributed by atoms with Gasteiger partial charge in [0.05, 0.1) is 11.1 Å². The van der Waals surface area contributed by atoms with Crippen molar-refractivity contribution >= 4 is 17.4 Å². The number of carbonyl (C=O) groups excluding carboxylic acids is 1. The molecule has 28 heavy (non-hydrogen) atoms. The smallest absolute Gasteiger partial charge is 0.270 e. The lowest BCUT2D eigenvalue weighted by Crippen LogP contribution is -2.56. The Morgan fingerprint density at radius 2 is 1.96 bits per heavy atom. The third-order valence-corrected chi connectivity index (χ3v) is 5.51. The van der Waals surface area contributed by atoms with Crippen LogP contribution in [0.1, 0.15) is 43.2 Å². The molecule has 1 amide bonds. The van der Waals surface area contributed by atoms with Crippen LogP contribution in [0.4, 0.5) is 5.69 Å². The number of amidine groups is 1. The fraction of sp³-hybridized carbons (Fsp3) is 0.455. The van der Waals surface area contributed by atoms with E-state index in [1.165, 1.54) is 5.56 Å². The van der Waals surface area contributed by atoms with Gasteiger partial charge in [-0.05, 0) is 51.0 Å². The van der Waals surface area contributed by atoms with Crippen molar-refractivity contribution < 1.29 is 4.79 Å². The molecule has 1 spiro atoms. The lowest BCUT2D eigenvalue weighted by molar-refractivity contribution is 0.0776. The third kappa shape index (κ3) is 3.44. The van der Waals surface area contributed by atoms with Crippen LogP contribution in [0.5, 0.6) is 0 Å². The molecular weight excluding hydrogens is 350 g/mol. The van der Waals surface area contributed by atoms with E-state index >= 15 is 0 Å². The maximum Gasteiger partial charge on any atom is 0.270 e. The zero-order valence-corrected chi connectivity index (χ0v) is 17.1. The molecule has 2 aliphatic heterocycles. The van der Waals surface area contributed by atoms with E-state index in [1.807, 2.05) is 40.9 Å². The van der Waals surface area contributed by atoms with Gasteiger partial charge in [-0.3, -0.25) is 15.1 Å². The Morgan fingerprint density at radius 1 is 1.18 bits per heavy atom. The molecule has 3 heterocycles. The molecule has 2 aromatic rings. The second kappa shape index (κ2) is 6.78. The highest BCUT2D eigenvalue weighted by Crippen LogP contribution is 2.31. The largest absolute Gasteiger partial charge is 0.347 e. The van der Waals surface area contributed by atoms with Crippen molar-refractivity contribution in [3.8, 4) is 0 Å². The van der Waals surface area contributed by atoms with Gasteiger partial charge < -0.3 is 14.8 Å². The number of carbonyl (C=O) groups is 1. The predicted molar refractivity (Wildman–Crippen MR) is 113 cm³/mol. The summed E-state index contributed by atoms with van der Waals surface area (Å²) in [4.78, 5) is 20.0. The van der Waals surface area contributed by atoms with E-state index < -0.39 is 0 Å². The lowest BCUT2D eigenvalue weighted by atomic mass is 9.95. The zero-order valence-electron chi connectivity index (χ0n) is 17.1. The fourth-order valence-corrected chi connectivity index (χ4v) is 4.03. The number of anilines is 1. The van der Waals surface area contributed by atoms with Gasteiger partial charge in [0.15, 0.2) is 0 Å². The van der Waals surface area contributed by atoms with Gasteiger partial charge in [-0.25, -0.2) is 0 Å². The van der Waals surface area contributed by atoms with E-state index in [9.17, 15) is 4.79 Å². The molecule has 1 atom stereocenters. The number of hydrogen-bond donors (Lipinski definition) is 2. The van der Waals surface area contributed by atoms with Crippen LogP contribution in [-0.2, 0) is 13.6 Å². The first-order chi connectivity index (χ1) is 13.3. The molecule has 1 aromatic heterocycles. The normalized spacial score (nSPS) is 23.6. The molecule has 1 aromatic carbocycles. The Bertz CT molecular complexity index is 923. The molecule has 1 saturated heterocycles. The standard InChI is InChI=1S/C22H29N5O/c1-21(2,3)25-20-22(23-14-16-8-5-6-9-17(16)24-20)11-13-27(15-22)19(28)18-10-7-12-26(18)4/h5-10,12,23H,11,13-15H2,1-4H3,(H,24,25)/t22-/m1/s1. The molecule has 148 valence electrons. The average molecular weight is 380 g/mol. The summed E-state index contributed by atoms with van der Waals surface area (Å²) in [5, 5.41) is 7.34. The molecule has 6 heteroatoms. The molecule has 2 aliphatic rings. The monoisotopic (exact) mass is 379 g/mol. The van der Waals surface area contributed by atoms with Crippen molar-refractivity contribution in [3.05, 3.63) is 53.9 Å². The van der Waals surface area contributed by atoms with Crippen LogP contribution >= 0.6 is 0 Å². The van der Waals surface area contributed by atoms with Crippen molar-refractivity contribution in [2.45, 2.75) is 44.8 Å². The van der Waals surface area contributed by atoms with Crippen LogP contribution in [0.2, 0.25) is 0 Å². The summed E-state index contributed by atoms with van der Waals surface area (Å²) in [5.41, 5.74) is 2.44. The van der Waals surface area contributed by atoms with E-state index in [1.54, 1.807) is 0 Å². The maximum atomic E-state index is 13.1. The van der Waals surface area contributed by atoms with Crippen LogP contribution in [0.25, 0.3) is 0 Å². The molecule has 0 unspecified atom stereocenters. The molecule has 0 radical (unpaired) electrons. The number of nitrogens with one attached hydrogen (secondary N) is 2. The Hall–Kier alpha value is -2.60. The zero-order chi connectivity index (χ0) is 19.9. The fourth-order valence-electron chi connectivity index (χ4n) is 4.03. The lowest BCUT2D eigenvalue weighted by Gasteiger charge is -2.32. The summed E-state index contributed by atoms with van der Waals surface area (Å²) >= 11 is 0. The van der Waals surface area contributed by atoms with E-state index in [4.69, 9.17) is 4.99 Å². The van der Waals surface area contributed by atoms with Crippen LogP contribution in [-0.4, -0.2) is 45.4 Å².